The third kappa shape index (κ3) is 8.76. The van der Waals surface area contributed by atoms with Gasteiger partial charge in [0.05, 0.1) is 44.6 Å². The summed E-state index contributed by atoms with van der Waals surface area (Å²) in [6.45, 7) is 6.54. The molecule has 1 saturated heterocycles. The largest absolute Gasteiger partial charge is 0.493 e. The Morgan fingerprint density at radius 2 is 1.83 bits per heavy atom. The summed E-state index contributed by atoms with van der Waals surface area (Å²) in [6.07, 6.45) is 1.84. The second-order valence-corrected chi connectivity index (χ2v) is 11.2. The molecule has 5 rings (SSSR count). The molecule has 4 aromatic rings. The SMILES string of the molecule is COc1cc2c(Oc3ccc(N(S)C(=O)NC(=O)CC(=O)c4cccc(C)c4)cc3F)ccnc2cc1OCCCN1CCOCC1. The Morgan fingerprint density at radius 3 is 2.57 bits per heavy atom. The number of anilines is 1. The molecule has 1 aromatic heterocycles. The van der Waals surface area contributed by atoms with E-state index in [2.05, 4.69) is 28.0 Å². The van der Waals surface area contributed by atoms with Crippen molar-refractivity contribution in [3.8, 4) is 23.0 Å². The number of methoxy groups -OCH3 is 1. The molecule has 1 aliphatic rings. The van der Waals surface area contributed by atoms with E-state index in [1.165, 1.54) is 19.2 Å². The minimum atomic E-state index is -0.949. The van der Waals surface area contributed by atoms with Crippen LogP contribution in [0.4, 0.5) is 14.9 Å². The number of amides is 3. The Hall–Kier alpha value is -4.72. The number of hydrogen-bond acceptors (Lipinski definition) is 10. The van der Waals surface area contributed by atoms with Crippen LogP contribution in [0.2, 0.25) is 0 Å². The van der Waals surface area contributed by atoms with Gasteiger partial charge in [-0.05, 0) is 43.7 Å². The summed E-state index contributed by atoms with van der Waals surface area (Å²) in [5.74, 6) is -0.831. The second-order valence-electron chi connectivity index (χ2n) is 10.8. The molecule has 2 heterocycles. The number of imide groups is 1. The molecule has 11 nitrogen and oxygen atoms in total. The standard InChI is InChI=1S/C34H35FN4O7S/c1-22-5-3-6-23(17-22)28(40)21-33(41)37-34(42)39(47)24-7-8-30(26(35)18-24)46-29-9-10-36-27-20-32(31(43-2)19-25(27)29)45-14-4-11-38-12-15-44-16-13-38/h3,5-10,17-20,47H,4,11-16,21H2,1-2H3,(H,37,41,42). The number of nitrogens with one attached hydrogen (secondary N) is 1. The zero-order valence-corrected chi connectivity index (χ0v) is 26.9. The number of benzene rings is 3. The molecule has 0 saturated carbocycles. The molecule has 1 fully saturated rings. The molecular weight excluding hydrogens is 627 g/mol. The molecule has 47 heavy (non-hydrogen) atoms. The van der Waals surface area contributed by atoms with Gasteiger partial charge in [0.2, 0.25) is 5.91 Å². The van der Waals surface area contributed by atoms with Crippen LogP contribution in [0.1, 0.15) is 28.8 Å². The van der Waals surface area contributed by atoms with Gasteiger partial charge >= 0.3 is 6.03 Å². The smallest absolute Gasteiger partial charge is 0.338 e. The summed E-state index contributed by atoms with van der Waals surface area (Å²) < 4.78 is 38.9. The molecule has 3 aromatic carbocycles. The van der Waals surface area contributed by atoms with Gasteiger partial charge in [0.1, 0.15) is 5.75 Å². The van der Waals surface area contributed by atoms with Gasteiger partial charge in [-0.3, -0.25) is 24.8 Å². The molecule has 0 aliphatic carbocycles. The zero-order valence-electron chi connectivity index (χ0n) is 26.0. The van der Waals surface area contributed by atoms with E-state index in [4.69, 9.17) is 18.9 Å². The number of aromatic nitrogens is 1. The minimum absolute atomic E-state index is 0.0326. The average molecular weight is 663 g/mol. The molecular formula is C34H35FN4O7S. The fourth-order valence-corrected chi connectivity index (χ4v) is 5.18. The van der Waals surface area contributed by atoms with Crippen molar-refractivity contribution in [2.24, 2.45) is 0 Å². The van der Waals surface area contributed by atoms with E-state index >= 15 is 4.39 Å². The minimum Gasteiger partial charge on any atom is -0.493 e. The number of rotatable bonds is 12. The van der Waals surface area contributed by atoms with Crippen molar-refractivity contribution < 1.29 is 37.7 Å². The van der Waals surface area contributed by atoms with Crippen molar-refractivity contribution in [1.82, 2.24) is 15.2 Å². The highest BCUT2D eigenvalue weighted by molar-refractivity contribution is 7.82. The number of nitrogens with zero attached hydrogens (tertiary/aromatic N) is 3. The number of ether oxygens (including phenoxy) is 4. The first-order valence-electron chi connectivity index (χ1n) is 15.0. The lowest BCUT2D eigenvalue weighted by Crippen LogP contribution is -2.39. The number of thiol groups is 1. The first-order chi connectivity index (χ1) is 22.7. The van der Waals surface area contributed by atoms with Crippen molar-refractivity contribution >= 4 is 47.1 Å². The van der Waals surface area contributed by atoms with E-state index in [0.717, 1.165) is 55.2 Å². The molecule has 1 N–H and O–H groups in total. The Kier molecular flexibility index (Phi) is 11.2. The topological polar surface area (TPSA) is 120 Å². The maximum Gasteiger partial charge on any atom is 0.338 e. The predicted molar refractivity (Wildman–Crippen MR) is 177 cm³/mol. The number of urea groups is 1. The Balaban J connectivity index is 1.21. The third-order valence-corrected chi connectivity index (χ3v) is 7.86. The van der Waals surface area contributed by atoms with Crippen LogP contribution in [0, 0.1) is 12.7 Å². The van der Waals surface area contributed by atoms with Crippen LogP contribution in [0.5, 0.6) is 23.0 Å². The quantitative estimate of drug-likeness (QED) is 0.0847. The van der Waals surface area contributed by atoms with Crippen LogP contribution in [-0.4, -0.2) is 74.2 Å². The monoisotopic (exact) mass is 662 g/mol. The van der Waals surface area contributed by atoms with Gasteiger partial charge in [0, 0.05) is 48.9 Å². The second kappa shape index (κ2) is 15.7. The van der Waals surface area contributed by atoms with E-state index in [0.29, 0.717) is 40.3 Å². The van der Waals surface area contributed by atoms with Crippen LogP contribution in [0.3, 0.4) is 0 Å². The molecule has 1 aliphatic heterocycles. The molecule has 0 bridgehead atoms. The van der Waals surface area contributed by atoms with Crippen molar-refractivity contribution in [1.29, 1.82) is 0 Å². The van der Waals surface area contributed by atoms with Gasteiger partial charge in [0.25, 0.3) is 0 Å². The number of fused-ring (bicyclic) bond motifs is 1. The number of carbonyl (C=O) groups excluding carboxylic acids is 3. The lowest BCUT2D eigenvalue weighted by Gasteiger charge is -2.26. The zero-order chi connectivity index (χ0) is 33.3. The third-order valence-electron chi connectivity index (χ3n) is 7.45. The Morgan fingerprint density at radius 1 is 1.02 bits per heavy atom. The lowest BCUT2D eigenvalue weighted by molar-refractivity contribution is -0.119. The summed E-state index contributed by atoms with van der Waals surface area (Å²) in [7, 11) is 1.53. The molecule has 0 spiro atoms. The van der Waals surface area contributed by atoms with Crippen molar-refractivity contribution in [2.75, 3.05) is 50.9 Å². The van der Waals surface area contributed by atoms with Crippen LogP contribution in [-0.2, 0) is 9.53 Å². The van der Waals surface area contributed by atoms with Crippen molar-refractivity contribution in [3.63, 3.8) is 0 Å². The number of hydrogen-bond donors (Lipinski definition) is 2. The highest BCUT2D eigenvalue weighted by Gasteiger charge is 2.20. The molecule has 0 atom stereocenters. The molecule has 246 valence electrons. The fraction of sp³-hybridized carbons (Fsp3) is 0.294. The molecule has 0 radical (unpaired) electrons. The maximum absolute atomic E-state index is 15.2. The molecule has 3 amide bonds. The number of ketones is 1. The summed E-state index contributed by atoms with van der Waals surface area (Å²) in [4.78, 5) is 44.1. The first kappa shape index (κ1) is 33.6. The van der Waals surface area contributed by atoms with Gasteiger partial charge in [-0.25, -0.2) is 13.5 Å². The summed E-state index contributed by atoms with van der Waals surface area (Å²) >= 11 is 4.12. The normalized spacial score (nSPS) is 13.2. The van der Waals surface area contributed by atoms with Crippen molar-refractivity contribution in [2.45, 2.75) is 19.8 Å². The van der Waals surface area contributed by atoms with Gasteiger partial charge in [-0.2, -0.15) is 0 Å². The first-order valence-corrected chi connectivity index (χ1v) is 15.4. The summed E-state index contributed by atoms with van der Waals surface area (Å²) in [5, 5.41) is 2.67. The highest BCUT2D eigenvalue weighted by atomic mass is 32.1. The number of morpholine rings is 1. The Labute approximate surface area is 277 Å². The van der Waals surface area contributed by atoms with Gasteiger partial charge in [0.15, 0.2) is 28.8 Å². The van der Waals surface area contributed by atoms with E-state index in [1.807, 2.05) is 13.0 Å². The molecule has 0 unspecified atom stereocenters. The van der Waals surface area contributed by atoms with Gasteiger partial charge < -0.3 is 18.9 Å². The lowest BCUT2D eigenvalue weighted by atomic mass is 10.1. The van der Waals surface area contributed by atoms with Crippen molar-refractivity contribution in [3.05, 3.63) is 83.8 Å². The predicted octanol–water partition coefficient (Wildman–Crippen LogP) is 5.74. The molecule has 13 heteroatoms. The number of pyridine rings is 1. The van der Waals surface area contributed by atoms with E-state index in [1.54, 1.807) is 42.6 Å². The number of Topliss-reactive ketones (excluding diaryl/α,β-unsaturated/α-hetero) is 1. The van der Waals surface area contributed by atoms with E-state index in [-0.39, 0.29) is 11.4 Å². The van der Waals surface area contributed by atoms with Crippen LogP contribution < -0.4 is 23.8 Å². The van der Waals surface area contributed by atoms with Crippen LogP contribution in [0.25, 0.3) is 10.9 Å². The van der Waals surface area contributed by atoms with Crippen LogP contribution >= 0.6 is 12.8 Å². The van der Waals surface area contributed by atoms with Crippen LogP contribution in [0.15, 0.2) is 66.9 Å². The average Bonchev–Trinajstić information content (AvgIpc) is 3.07. The number of aryl methyl sites for hydroxylation is 1. The summed E-state index contributed by atoms with van der Waals surface area (Å²) in [6, 6.07) is 14.7. The van der Waals surface area contributed by atoms with Gasteiger partial charge in [-0.1, -0.05) is 36.6 Å². The van der Waals surface area contributed by atoms with Gasteiger partial charge in [-0.15, -0.1) is 0 Å². The van der Waals surface area contributed by atoms with E-state index < -0.39 is 30.0 Å². The highest BCUT2D eigenvalue weighted by Crippen LogP contribution is 2.38. The number of carbonyl (C=O) groups is 3. The van der Waals surface area contributed by atoms with E-state index in [9.17, 15) is 14.4 Å². The summed E-state index contributed by atoms with van der Waals surface area (Å²) in [5.41, 5.74) is 1.82. The Bertz CT molecular complexity index is 1770. The fourth-order valence-electron chi connectivity index (χ4n) is 5.01. The maximum atomic E-state index is 15.2. The number of halogens is 1.